The minimum atomic E-state index is -0.263. The zero-order chi connectivity index (χ0) is 12.4. The number of hydrogen-bond donors (Lipinski definition) is 0. The van der Waals surface area contributed by atoms with E-state index in [1.165, 1.54) is 0 Å². The summed E-state index contributed by atoms with van der Waals surface area (Å²) in [6, 6.07) is 9.54. The van der Waals surface area contributed by atoms with Crippen molar-refractivity contribution in [1.29, 1.82) is 0 Å². The van der Waals surface area contributed by atoms with Crippen LogP contribution in [0.25, 0.3) is 0 Å². The van der Waals surface area contributed by atoms with Gasteiger partial charge in [-0.3, -0.25) is 0 Å². The number of benzene rings is 1. The lowest BCUT2D eigenvalue weighted by molar-refractivity contribution is -0.131. The number of likely N-dealkylation sites (N-methyl/N-ethyl adjacent to an activating group) is 1. The van der Waals surface area contributed by atoms with E-state index >= 15 is 0 Å². The number of carbonyl (C=O) groups excluding carboxylic acids is 1. The highest BCUT2D eigenvalue weighted by molar-refractivity contribution is 5.91. The molecule has 1 aromatic carbocycles. The molecule has 1 aliphatic heterocycles. The van der Waals surface area contributed by atoms with Crippen LogP contribution in [0.15, 0.2) is 41.6 Å². The van der Waals surface area contributed by atoms with E-state index in [4.69, 9.17) is 4.74 Å². The van der Waals surface area contributed by atoms with E-state index in [9.17, 15) is 4.79 Å². The summed E-state index contributed by atoms with van der Waals surface area (Å²) in [5, 5.41) is 0. The molecule has 1 atom stereocenters. The first-order valence-electron chi connectivity index (χ1n) is 5.79. The first-order chi connectivity index (χ1) is 8.09. The molecule has 2 rings (SSSR count). The lowest BCUT2D eigenvalue weighted by atomic mass is 10.2. The van der Waals surface area contributed by atoms with Crippen molar-refractivity contribution in [2.45, 2.75) is 26.3 Å². The average Bonchev–Trinajstić information content (AvgIpc) is 2.54. The molecule has 3 heteroatoms. The molecule has 1 aromatic rings. The summed E-state index contributed by atoms with van der Waals surface area (Å²) in [5.74, 6) is 0.325. The van der Waals surface area contributed by atoms with E-state index in [0.717, 1.165) is 12.0 Å². The Morgan fingerprint density at radius 1 is 1.35 bits per heavy atom. The smallest absolute Gasteiger partial charge is 0.359 e. The fourth-order valence-electron chi connectivity index (χ4n) is 2.16. The van der Waals surface area contributed by atoms with Gasteiger partial charge in [0.1, 0.15) is 11.4 Å². The molecule has 0 saturated carbocycles. The van der Waals surface area contributed by atoms with Crippen LogP contribution in [0.1, 0.15) is 20.3 Å². The number of carbonyl (C=O) groups is 1. The van der Waals surface area contributed by atoms with E-state index in [1.807, 2.05) is 37.1 Å². The molecule has 0 radical (unpaired) electrons. The third-order valence-corrected chi connectivity index (χ3v) is 3.17. The highest BCUT2D eigenvalue weighted by atomic mass is 16.5. The molecule has 1 unspecified atom stereocenters. The Bertz CT molecular complexity index is 451. The van der Waals surface area contributed by atoms with Gasteiger partial charge in [-0.05, 0) is 38.0 Å². The van der Waals surface area contributed by atoms with Gasteiger partial charge in [0.05, 0.1) is 0 Å². The molecule has 0 bridgehead atoms. The predicted octanol–water partition coefficient (Wildman–Crippen LogP) is 2.59. The molecule has 0 amide bonds. The van der Waals surface area contributed by atoms with Crippen LogP contribution in [0.4, 0.5) is 0 Å². The number of nitrogens with zero attached hydrogens (tertiary/aromatic N) is 1. The van der Waals surface area contributed by atoms with Gasteiger partial charge in [0, 0.05) is 13.1 Å². The molecular formula is C14H17NO2. The number of ether oxygens (including phenoxy) is 1. The highest BCUT2D eigenvalue weighted by Crippen LogP contribution is 2.27. The van der Waals surface area contributed by atoms with Crippen molar-refractivity contribution in [3.63, 3.8) is 0 Å². The van der Waals surface area contributed by atoms with Crippen molar-refractivity contribution in [3.05, 3.63) is 41.6 Å². The predicted molar refractivity (Wildman–Crippen MR) is 66.6 cm³/mol. The second-order valence-corrected chi connectivity index (χ2v) is 4.50. The number of para-hydroxylation sites is 1. The summed E-state index contributed by atoms with van der Waals surface area (Å²) in [7, 11) is 1.93. The fraction of sp³-hybridized carbons (Fsp3) is 0.357. The summed E-state index contributed by atoms with van der Waals surface area (Å²) >= 11 is 0. The van der Waals surface area contributed by atoms with Gasteiger partial charge in [-0.2, -0.15) is 0 Å². The number of rotatable bonds is 2. The lowest BCUT2D eigenvalue weighted by Gasteiger charge is -2.20. The van der Waals surface area contributed by atoms with Gasteiger partial charge in [0.2, 0.25) is 0 Å². The van der Waals surface area contributed by atoms with Crippen LogP contribution < -0.4 is 4.74 Å². The molecule has 90 valence electrons. The Balaban J connectivity index is 2.14. The van der Waals surface area contributed by atoms with Crippen LogP contribution in [-0.2, 0) is 4.79 Å². The third-order valence-electron chi connectivity index (χ3n) is 3.17. The minimum absolute atomic E-state index is 0.263. The maximum Gasteiger partial charge on any atom is 0.359 e. The Morgan fingerprint density at radius 2 is 2.00 bits per heavy atom. The molecule has 0 aliphatic carbocycles. The first-order valence-corrected chi connectivity index (χ1v) is 5.79. The second-order valence-electron chi connectivity index (χ2n) is 4.50. The molecule has 3 nitrogen and oxygen atoms in total. The van der Waals surface area contributed by atoms with Crippen molar-refractivity contribution < 1.29 is 9.53 Å². The van der Waals surface area contributed by atoms with Gasteiger partial charge in [0.15, 0.2) is 0 Å². The minimum Gasteiger partial charge on any atom is -0.422 e. The molecule has 1 aliphatic rings. The summed E-state index contributed by atoms with van der Waals surface area (Å²) in [6.45, 7) is 4.09. The topological polar surface area (TPSA) is 29.5 Å². The Kier molecular flexibility index (Phi) is 3.18. The molecule has 0 N–H and O–H groups in total. The third kappa shape index (κ3) is 2.33. The van der Waals surface area contributed by atoms with E-state index in [1.54, 1.807) is 12.1 Å². The van der Waals surface area contributed by atoms with E-state index in [2.05, 4.69) is 6.92 Å². The Hall–Kier alpha value is -1.77. The average molecular weight is 231 g/mol. The van der Waals surface area contributed by atoms with Crippen molar-refractivity contribution in [2.24, 2.45) is 0 Å². The second kappa shape index (κ2) is 4.62. The molecule has 0 saturated heterocycles. The van der Waals surface area contributed by atoms with Gasteiger partial charge in [-0.1, -0.05) is 18.2 Å². The maximum atomic E-state index is 12.1. The van der Waals surface area contributed by atoms with Crippen molar-refractivity contribution >= 4 is 5.97 Å². The first kappa shape index (κ1) is 11.7. The van der Waals surface area contributed by atoms with Crippen LogP contribution in [0, 0.1) is 0 Å². The molecule has 0 spiro atoms. The molecular weight excluding hydrogens is 214 g/mol. The normalized spacial score (nSPS) is 19.7. The van der Waals surface area contributed by atoms with Crippen LogP contribution in [0.3, 0.4) is 0 Å². The molecule has 1 heterocycles. The van der Waals surface area contributed by atoms with Gasteiger partial charge < -0.3 is 9.64 Å². The van der Waals surface area contributed by atoms with Crippen molar-refractivity contribution in [2.75, 3.05) is 7.05 Å². The largest absolute Gasteiger partial charge is 0.422 e. The summed E-state index contributed by atoms with van der Waals surface area (Å²) in [6.07, 6.45) is 0.926. The van der Waals surface area contributed by atoms with E-state index < -0.39 is 0 Å². The van der Waals surface area contributed by atoms with Crippen molar-refractivity contribution in [3.8, 4) is 5.75 Å². The Morgan fingerprint density at radius 3 is 2.53 bits per heavy atom. The molecule has 0 aromatic heterocycles. The maximum absolute atomic E-state index is 12.1. The standard InChI is InChI=1S/C14H17NO2/c1-10-9-11(2)15(3)13(10)14(16)17-12-7-5-4-6-8-12/h4-8,11H,9H2,1-3H3. The summed E-state index contributed by atoms with van der Waals surface area (Å²) < 4.78 is 5.35. The van der Waals surface area contributed by atoms with Gasteiger partial charge >= 0.3 is 5.97 Å². The zero-order valence-corrected chi connectivity index (χ0v) is 10.4. The van der Waals surface area contributed by atoms with Crippen molar-refractivity contribution in [1.82, 2.24) is 4.90 Å². The van der Waals surface area contributed by atoms with Gasteiger partial charge in [-0.15, -0.1) is 0 Å². The fourth-order valence-corrected chi connectivity index (χ4v) is 2.16. The molecule has 17 heavy (non-hydrogen) atoms. The van der Waals surface area contributed by atoms with Crippen LogP contribution >= 0.6 is 0 Å². The van der Waals surface area contributed by atoms with Crippen LogP contribution in [0.5, 0.6) is 5.75 Å². The van der Waals surface area contributed by atoms with Gasteiger partial charge in [-0.25, -0.2) is 4.79 Å². The van der Waals surface area contributed by atoms with Crippen LogP contribution in [-0.4, -0.2) is 24.0 Å². The van der Waals surface area contributed by atoms with E-state index in [0.29, 0.717) is 17.5 Å². The highest BCUT2D eigenvalue weighted by Gasteiger charge is 2.29. The number of esters is 1. The van der Waals surface area contributed by atoms with Crippen LogP contribution in [0.2, 0.25) is 0 Å². The van der Waals surface area contributed by atoms with Gasteiger partial charge in [0.25, 0.3) is 0 Å². The molecule has 0 fully saturated rings. The monoisotopic (exact) mass is 231 g/mol. The summed E-state index contributed by atoms with van der Waals surface area (Å²) in [5.41, 5.74) is 1.79. The quantitative estimate of drug-likeness (QED) is 0.579. The lowest BCUT2D eigenvalue weighted by Crippen LogP contribution is -2.28. The zero-order valence-electron chi connectivity index (χ0n) is 10.4. The summed E-state index contributed by atoms with van der Waals surface area (Å²) in [4.78, 5) is 14.0. The van der Waals surface area contributed by atoms with E-state index in [-0.39, 0.29) is 5.97 Å². The number of hydrogen-bond acceptors (Lipinski definition) is 3. The Labute approximate surface area is 102 Å². The SMILES string of the molecule is CC1=C(C(=O)Oc2ccccc2)N(C)C(C)C1.